The SMILES string of the molecule is Cc1ccccc1Cc1cc(N2CCN(C)CC2)n(-c2ccc(F)cc2)c1. The molecule has 2 heterocycles. The summed E-state index contributed by atoms with van der Waals surface area (Å²) < 4.78 is 15.6. The van der Waals surface area contributed by atoms with Crippen molar-refractivity contribution in [1.82, 2.24) is 9.47 Å². The van der Waals surface area contributed by atoms with E-state index in [0.717, 1.165) is 38.3 Å². The zero-order chi connectivity index (χ0) is 18.8. The number of benzene rings is 2. The molecule has 0 unspecified atom stereocenters. The Labute approximate surface area is 160 Å². The average molecular weight is 363 g/mol. The van der Waals surface area contributed by atoms with Crippen LogP contribution in [0.15, 0.2) is 60.8 Å². The van der Waals surface area contributed by atoms with Gasteiger partial charge in [-0.25, -0.2) is 4.39 Å². The molecular formula is C23H26FN3. The molecule has 1 aliphatic heterocycles. The molecule has 4 heteroatoms. The van der Waals surface area contributed by atoms with Gasteiger partial charge in [-0.15, -0.1) is 0 Å². The summed E-state index contributed by atoms with van der Waals surface area (Å²) in [5.74, 6) is 0.991. The lowest BCUT2D eigenvalue weighted by Gasteiger charge is -2.34. The van der Waals surface area contributed by atoms with Crippen molar-refractivity contribution < 1.29 is 4.39 Å². The molecule has 0 N–H and O–H groups in total. The number of piperazine rings is 1. The predicted octanol–water partition coefficient (Wildman–Crippen LogP) is 4.27. The minimum atomic E-state index is -0.202. The molecule has 0 bridgehead atoms. The predicted molar refractivity (Wildman–Crippen MR) is 109 cm³/mol. The minimum Gasteiger partial charge on any atom is -0.355 e. The van der Waals surface area contributed by atoms with E-state index in [4.69, 9.17) is 0 Å². The van der Waals surface area contributed by atoms with Crippen LogP contribution in [-0.4, -0.2) is 42.7 Å². The van der Waals surface area contributed by atoms with Gasteiger partial charge < -0.3 is 14.4 Å². The van der Waals surface area contributed by atoms with Crippen LogP contribution in [0.25, 0.3) is 5.69 Å². The number of halogens is 1. The van der Waals surface area contributed by atoms with Gasteiger partial charge in [0.25, 0.3) is 0 Å². The van der Waals surface area contributed by atoms with Gasteiger partial charge in [-0.1, -0.05) is 24.3 Å². The monoisotopic (exact) mass is 363 g/mol. The second-order valence-electron chi connectivity index (χ2n) is 7.45. The molecule has 3 nitrogen and oxygen atoms in total. The summed E-state index contributed by atoms with van der Waals surface area (Å²) in [5, 5.41) is 0. The first kappa shape index (κ1) is 17.8. The second kappa shape index (κ2) is 7.57. The van der Waals surface area contributed by atoms with Gasteiger partial charge in [0.1, 0.15) is 11.6 Å². The first-order chi connectivity index (χ1) is 13.1. The molecule has 2 aromatic carbocycles. The highest BCUT2D eigenvalue weighted by Gasteiger charge is 2.19. The smallest absolute Gasteiger partial charge is 0.123 e. The highest BCUT2D eigenvalue weighted by molar-refractivity contribution is 5.53. The molecule has 0 spiro atoms. The number of likely N-dealkylation sites (N-methyl/N-ethyl adjacent to an activating group) is 1. The standard InChI is InChI=1S/C23H26FN3/c1-18-5-3-4-6-20(18)15-19-16-23(26-13-11-25(2)12-14-26)27(17-19)22-9-7-21(24)8-10-22/h3-10,16-17H,11-15H2,1-2H3. The normalized spacial score (nSPS) is 15.3. The van der Waals surface area contributed by atoms with Crippen molar-refractivity contribution in [1.29, 1.82) is 0 Å². The zero-order valence-corrected chi connectivity index (χ0v) is 16.0. The van der Waals surface area contributed by atoms with E-state index in [1.165, 1.54) is 34.6 Å². The van der Waals surface area contributed by atoms with E-state index in [0.29, 0.717) is 0 Å². The lowest BCUT2D eigenvalue weighted by atomic mass is 10.0. The maximum absolute atomic E-state index is 13.4. The van der Waals surface area contributed by atoms with Gasteiger partial charge in [0.2, 0.25) is 0 Å². The Morgan fingerprint density at radius 3 is 2.33 bits per heavy atom. The summed E-state index contributed by atoms with van der Waals surface area (Å²) >= 11 is 0. The molecular weight excluding hydrogens is 337 g/mol. The van der Waals surface area contributed by atoms with Gasteiger partial charge in [-0.2, -0.15) is 0 Å². The van der Waals surface area contributed by atoms with Crippen molar-refractivity contribution in [3.05, 3.63) is 83.3 Å². The maximum atomic E-state index is 13.4. The molecule has 1 fully saturated rings. The molecule has 140 valence electrons. The number of rotatable bonds is 4. The van der Waals surface area contributed by atoms with Crippen LogP contribution >= 0.6 is 0 Å². The molecule has 1 saturated heterocycles. The van der Waals surface area contributed by atoms with Crippen LogP contribution in [0.3, 0.4) is 0 Å². The van der Waals surface area contributed by atoms with Crippen LogP contribution < -0.4 is 4.90 Å². The van der Waals surface area contributed by atoms with Crippen molar-refractivity contribution >= 4 is 5.82 Å². The number of hydrogen-bond donors (Lipinski definition) is 0. The molecule has 0 atom stereocenters. The Bertz CT molecular complexity index is 906. The largest absolute Gasteiger partial charge is 0.355 e. The molecule has 4 rings (SSSR count). The van der Waals surface area contributed by atoms with Gasteiger partial charge in [-0.05, 0) is 67.4 Å². The number of aromatic nitrogens is 1. The van der Waals surface area contributed by atoms with Gasteiger partial charge in [0, 0.05) is 38.1 Å². The van der Waals surface area contributed by atoms with Crippen LogP contribution in [0.5, 0.6) is 0 Å². The number of nitrogens with zero attached hydrogens (tertiary/aromatic N) is 3. The summed E-state index contributed by atoms with van der Waals surface area (Å²) in [5.41, 5.74) is 4.94. The molecule has 3 aromatic rings. The Kier molecular flexibility index (Phi) is 4.99. The lowest BCUT2D eigenvalue weighted by Crippen LogP contribution is -2.45. The number of hydrogen-bond acceptors (Lipinski definition) is 2. The summed E-state index contributed by atoms with van der Waals surface area (Å²) in [6.45, 7) is 6.29. The van der Waals surface area contributed by atoms with Gasteiger partial charge in [-0.3, -0.25) is 0 Å². The quantitative estimate of drug-likeness (QED) is 0.686. The molecule has 1 aromatic heterocycles. The molecule has 0 saturated carbocycles. The van der Waals surface area contributed by atoms with E-state index in [1.54, 1.807) is 0 Å². The van der Waals surface area contributed by atoms with Crippen molar-refractivity contribution in [2.75, 3.05) is 38.1 Å². The number of anilines is 1. The van der Waals surface area contributed by atoms with E-state index < -0.39 is 0 Å². The summed E-state index contributed by atoms with van der Waals surface area (Å²) in [4.78, 5) is 4.79. The lowest BCUT2D eigenvalue weighted by molar-refractivity contribution is 0.311. The van der Waals surface area contributed by atoms with Gasteiger partial charge in [0.15, 0.2) is 0 Å². The molecule has 0 amide bonds. The third-order valence-corrected chi connectivity index (χ3v) is 5.44. The highest BCUT2D eigenvalue weighted by Crippen LogP contribution is 2.27. The minimum absolute atomic E-state index is 0.202. The Morgan fingerprint density at radius 2 is 1.63 bits per heavy atom. The highest BCUT2D eigenvalue weighted by atomic mass is 19.1. The number of aryl methyl sites for hydroxylation is 1. The van der Waals surface area contributed by atoms with E-state index in [2.05, 4.69) is 64.9 Å². The first-order valence-corrected chi connectivity index (χ1v) is 9.55. The summed E-state index contributed by atoms with van der Waals surface area (Å²) in [6, 6.07) is 17.6. The summed E-state index contributed by atoms with van der Waals surface area (Å²) in [6.07, 6.45) is 3.11. The fourth-order valence-electron chi connectivity index (χ4n) is 3.72. The second-order valence-corrected chi connectivity index (χ2v) is 7.45. The summed E-state index contributed by atoms with van der Waals surface area (Å²) in [7, 11) is 2.17. The van der Waals surface area contributed by atoms with Crippen LogP contribution in [-0.2, 0) is 6.42 Å². The Balaban J connectivity index is 1.70. The molecule has 1 aliphatic rings. The van der Waals surface area contributed by atoms with Gasteiger partial charge in [0.05, 0.1) is 0 Å². The van der Waals surface area contributed by atoms with Crippen molar-refractivity contribution in [2.24, 2.45) is 0 Å². The van der Waals surface area contributed by atoms with Crippen LogP contribution in [0.4, 0.5) is 10.2 Å². The van der Waals surface area contributed by atoms with Crippen LogP contribution in [0, 0.1) is 12.7 Å². The van der Waals surface area contributed by atoms with Crippen molar-refractivity contribution in [3.63, 3.8) is 0 Å². The fourth-order valence-corrected chi connectivity index (χ4v) is 3.72. The van der Waals surface area contributed by atoms with Crippen molar-refractivity contribution in [3.8, 4) is 5.69 Å². The van der Waals surface area contributed by atoms with Crippen LogP contribution in [0.2, 0.25) is 0 Å². The first-order valence-electron chi connectivity index (χ1n) is 9.55. The topological polar surface area (TPSA) is 11.4 Å². The van der Waals surface area contributed by atoms with Crippen LogP contribution in [0.1, 0.15) is 16.7 Å². The third-order valence-electron chi connectivity index (χ3n) is 5.44. The van der Waals surface area contributed by atoms with E-state index >= 15 is 0 Å². The van der Waals surface area contributed by atoms with E-state index in [9.17, 15) is 4.39 Å². The fraction of sp³-hybridized carbons (Fsp3) is 0.304. The maximum Gasteiger partial charge on any atom is 0.123 e. The Hall–Kier alpha value is -2.59. The zero-order valence-electron chi connectivity index (χ0n) is 16.0. The molecule has 0 aliphatic carbocycles. The Morgan fingerprint density at radius 1 is 0.926 bits per heavy atom. The molecule has 0 radical (unpaired) electrons. The van der Waals surface area contributed by atoms with E-state index in [1.807, 2.05) is 12.1 Å². The average Bonchev–Trinajstić information content (AvgIpc) is 3.09. The third kappa shape index (κ3) is 3.91. The van der Waals surface area contributed by atoms with Gasteiger partial charge >= 0.3 is 0 Å². The van der Waals surface area contributed by atoms with Crippen molar-refractivity contribution in [2.45, 2.75) is 13.3 Å². The molecule has 27 heavy (non-hydrogen) atoms. The van der Waals surface area contributed by atoms with E-state index in [-0.39, 0.29) is 5.82 Å².